The first-order valence-corrected chi connectivity index (χ1v) is 13.4. The van der Waals surface area contributed by atoms with E-state index in [4.69, 9.17) is 11.6 Å². The molecule has 0 aliphatic carbocycles. The molecule has 1 amide bonds. The van der Waals surface area contributed by atoms with Gasteiger partial charge >= 0.3 is 0 Å². The summed E-state index contributed by atoms with van der Waals surface area (Å²) in [5.41, 5.74) is 2.40. The fraction of sp³-hybridized carbons (Fsp3) is 0.160. The van der Waals surface area contributed by atoms with Crippen LogP contribution in [0.2, 0.25) is 5.02 Å². The summed E-state index contributed by atoms with van der Waals surface area (Å²) in [6.45, 7) is 2.13. The second-order valence-electron chi connectivity index (χ2n) is 7.83. The van der Waals surface area contributed by atoms with Crippen LogP contribution in [-0.2, 0) is 16.6 Å². The van der Waals surface area contributed by atoms with Gasteiger partial charge in [-0.2, -0.15) is 0 Å². The highest BCUT2D eigenvalue weighted by Gasteiger charge is 2.20. The number of carbonyl (C=O) groups excluding carboxylic acids is 1. The van der Waals surface area contributed by atoms with Crippen molar-refractivity contribution in [3.05, 3.63) is 99.9 Å². The van der Waals surface area contributed by atoms with Crippen molar-refractivity contribution in [1.82, 2.24) is 5.32 Å². The van der Waals surface area contributed by atoms with Gasteiger partial charge < -0.3 is 5.32 Å². The molecular formula is C25H23ClN2O3S2. The van der Waals surface area contributed by atoms with Crippen molar-refractivity contribution in [2.24, 2.45) is 0 Å². The quantitative estimate of drug-likeness (QED) is 0.339. The highest BCUT2D eigenvalue weighted by molar-refractivity contribution is 7.92. The summed E-state index contributed by atoms with van der Waals surface area (Å²) >= 11 is 7.33. The van der Waals surface area contributed by atoms with Crippen molar-refractivity contribution < 1.29 is 13.2 Å². The smallest absolute Gasteiger partial charge is 0.261 e. The molecule has 170 valence electrons. The molecule has 5 nitrogen and oxygen atoms in total. The molecule has 0 fully saturated rings. The standard InChI is InChI=1S/C25H23ClN2O3S2/c1-17(19-6-4-3-5-7-19)27-25(29)24-15-20-14-22(12-13-23(20)32-24)28(33(2,30)31)16-18-8-10-21(26)11-9-18/h3-15,17H,16H2,1-2H3,(H,27,29). The SMILES string of the molecule is CC(NC(=O)c1cc2cc(N(Cc3ccc(Cl)cc3)S(C)(=O)=O)ccc2s1)c1ccccc1. The third-order valence-corrected chi connectivity index (χ3v) is 7.81. The Balaban J connectivity index is 1.59. The maximum Gasteiger partial charge on any atom is 0.261 e. The Labute approximate surface area is 202 Å². The fourth-order valence-electron chi connectivity index (χ4n) is 3.55. The van der Waals surface area contributed by atoms with Crippen molar-refractivity contribution >= 4 is 54.6 Å². The topological polar surface area (TPSA) is 66.5 Å². The van der Waals surface area contributed by atoms with E-state index in [2.05, 4.69) is 5.32 Å². The predicted octanol–water partition coefficient (Wildman–Crippen LogP) is 6.01. The number of benzene rings is 3. The molecule has 0 aliphatic heterocycles. The molecule has 1 aromatic heterocycles. The van der Waals surface area contributed by atoms with E-state index < -0.39 is 10.0 Å². The van der Waals surface area contributed by atoms with Crippen molar-refractivity contribution in [2.45, 2.75) is 19.5 Å². The lowest BCUT2D eigenvalue weighted by molar-refractivity contribution is 0.0944. The van der Waals surface area contributed by atoms with Crippen LogP contribution < -0.4 is 9.62 Å². The predicted molar refractivity (Wildman–Crippen MR) is 137 cm³/mol. The van der Waals surface area contributed by atoms with Gasteiger partial charge in [-0.25, -0.2) is 8.42 Å². The molecule has 4 aromatic rings. The van der Waals surface area contributed by atoms with Gasteiger partial charge in [0.1, 0.15) is 0 Å². The van der Waals surface area contributed by atoms with Gasteiger partial charge in [0.15, 0.2) is 0 Å². The molecule has 1 unspecified atom stereocenters. The van der Waals surface area contributed by atoms with Crippen molar-refractivity contribution in [1.29, 1.82) is 0 Å². The third kappa shape index (κ3) is 5.55. The van der Waals surface area contributed by atoms with Crippen LogP contribution in [0, 0.1) is 0 Å². The molecule has 0 saturated carbocycles. The average Bonchev–Trinajstić information content (AvgIpc) is 3.22. The monoisotopic (exact) mass is 498 g/mol. The molecule has 0 radical (unpaired) electrons. The summed E-state index contributed by atoms with van der Waals surface area (Å²) in [4.78, 5) is 13.4. The van der Waals surface area contributed by atoms with Gasteiger partial charge in [0.25, 0.3) is 5.91 Å². The Hall–Kier alpha value is -2.87. The highest BCUT2D eigenvalue weighted by atomic mass is 35.5. The Morgan fingerprint density at radius 1 is 1.03 bits per heavy atom. The van der Waals surface area contributed by atoms with Crippen LogP contribution in [0.15, 0.2) is 78.9 Å². The summed E-state index contributed by atoms with van der Waals surface area (Å²) < 4.78 is 27.4. The molecule has 0 spiro atoms. The van der Waals surface area contributed by atoms with Crippen LogP contribution in [0.25, 0.3) is 10.1 Å². The van der Waals surface area contributed by atoms with Crippen molar-refractivity contribution in [3.8, 4) is 0 Å². The maximum absolute atomic E-state index is 12.8. The Morgan fingerprint density at radius 2 is 1.73 bits per heavy atom. The zero-order valence-electron chi connectivity index (χ0n) is 18.2. The van der Waals surface area contributed by atoms with Crippen LogP contribution in [0.5, 0.6) is 0 Å². The van der Waals surface area contributed by atoms with Crippen molar-refractivity contribution in [2.75, 3.05) is 10.6 Å². The van der Waals surface area contributed by atoms with Crippen LogP contribution >= 0.6 is 22.9 Å². The number of sulfonamides is 1. The van der Waals surface area contributed by atoms with Gasteiger partial charge in [0.2, 0.25) is 10.0 Å². The number of thiophene rings is 1. The minimum absolute atomic E-state index is 0.125. The van der Waals surface area contributed by atoms with E-state index in [1.165, 1.54) is 21.9 Å². The molecule has 1 N–H and O–H groups in total. The van der Waals surface area contributed by atoms with Crippen molar-refractivity contribution in [3.63, 3.8) is 0 Å². The van der Waals surface area contributed by atoms with E-state index in [-0.39, 0.29) is 18.5 Å². The zero-order chi connectivity index (χ0) is 23.6. The van der Waals surface area contributed by atoms with Gasteiger partial charge in [0, 0.05) is 9.72 Å². The number of hydrogen-bond donors (Lipinski definition) is 1. The first-order chi connectivity index (χ1) is 15.7. The van der Waals surface area contributed by atoms with E-state index in [1.54, 1.807) is 42.5 Å². The average molecular weight is 499 g/mol. The zero-order valence-corrected chi connectivity index (χ0v) is 20.5. The first kappa shape index (κ1) is 23.3. The van der Waals surface area contributed by atoms with Crippen LogP contribution in [0.4, 0.5) is 5.69 Å². The van der Waals surface area contributed by atoms with Crippen LogP contribution in [-0.4, -0.2) is 20.6 Å². The number of carbonyl (C=O) groups is 1. The molecule has 1 heterocycles. The summed E-state index contributed by atoms with van der Waals surface area (Å²) in [7, 11) is -3.53. The minimum atomic E-state index is -3.53. The Kier molecular flexibility index (Phi) is 6.74. The lowest BCUT2D eigenvalue weighted by Crippen LogP contribution is -2.29. The van der Waals surface area contributed by atoms with E-state index in [0.717, 1.165) is 21.2 Å². The number of hydrogen-bond acceptors (Lipinski definition) is 4. The van der Waals surface area contributed by atoms with Crippen LogP contribution in [0.3, 0.4) is 0 Å². The summed E-state index contributed by atoms with van der Waals surface area (Å²) in [6, 6.07) is 24.0. The number of nitrogens with one attached hydrogen (secondary N) is 1. The molecule has 1 atom stereocenters. The molecule has 3 aromatic carbocycles. The number of amides is 1. The number of fused-ring (bicyclic) bond motifs is 1. The molecule has 4 rings (SSSR count). The number of anilines is 1. The Bertz CT molecular complexity index is 1380. The highest BCUT2D eigenvalue weighted by Crippen LogP contribution is 2.31. The van der Waals surface area contributed by atoms with Gasteiger partial charge in [-0.1, -0.05) is 54.1 Å². The molecule has 0 bridgehead atoms. The number of nitrogens with zero attached hydrogens (tertiary/aromatic N) is 1. The lowest BCUT2D eigenvalue weighted by Gasteiger charge is -2.22. The summed E-state index contributed by atoms with van der Waals surface area (Å²) in [5, 5.41) is 4.44. The normalized spacial score (nSPS) is 12.5. The van der Waals surface area contributed by atoms with E-state index in [0.29, 0.717) is 15.6 Å². The van der Waals surface area contributed by atoms with Gasteiger partial charge in [-0.15, -0.1) is 11.3 Å². The molecular weight excluding hydrogens is 476 g/mol. The second kappa shape index (κ2) is 9.55. The van der Waals surface area contributed by atoms with Gasteiger partial charge in [0.05, 0.1) is 29.4 Å². The lowest BCUT2D eigenvalue weighted by atomic mass is 10.1. The number of halogens is 1. The molecule has 33 heavy (non-hydrogen) atoms. The summed E-state index contributed by atoms with van der Waals surface area (Å²) in [5.74, 6) is -0.157. The second-order valence-corrected chi connectivity index (χ2v) is 11.3. The third-order valence-electron chi connectivity index (χ3n) is 5.30. The summed E-state index contributed by atoms with van der Waals surface area (Å²) in [6.07, 6.45) is 1.19. The largest absolute Gasteiger partial charge is 0.345 e. The maximum atomic E-state index is 12.8. The minimum Gasteiger partial charge on any atom is -0.345 e. The molecule has 0 aliphatic rings. The van der Waals surface area contributed by atoms with Gasteiger partial charge in [-0.3, -0.25) is 9.10 Å². The Morgan fingerprint density at radius 3 is 2.39 bits per heavy atom. The van der Waals surface area contributed by atoms with Gasteiger partial charge in [-0.05, 0) is 59.8 Å². The fourth-order valence-corrected chi connectivity index (χ4v) is 5.50. The van der Waals surface area contributed by atoms with E-state index in [1.807, 2.05) is 43.3 Å². The molecule has 8 heteroatoms. The molecule has 0 saturated heterocycles. The van der Waals surface area contributed by atoms with E-state index in [9.17, 15) is 13.2 Å². The van der Waals surface area contributed by atoms with E-state index >= 15 is 0 Å². The van der Waals surface area contributed by atoms with Crippen LogP contribution in [0.1, 0.15) is 33.8 Å². The number of rotatable bonds is 7. The first-order valence-electron chi connectivity index (χ1n) is 10.3.